The number of carbonyl (C=O) groups is 1. The number of piperidine rings is 2. The van der Waals surface area contributed by atoms with E-state index in [1.165, 1.54) is 12.8 Å². The maximum atomic E-state index is 12.1. The number of anilines is 1. The molecule has 0 N–H and O–H groups in total. The molecule has 110 valence electrons. The molecular weight excluding hydrogens is 276 g/mol. The van der Waals surface area contributed by atoms with E-state index in [9.17, 15) is 4.79 Å². The maximum Gasteiger partial charge on any atom is 0.416 e. The van der Waals surface area contributed by atoms with Crippen molar-refractivity contribution in [3.8, 4) is 5.88 Å². The molecule has 1 aromatic heterocycles. The Balaban J connectivity index is 1.65. The number of hydrogen-bond acceptors (Lipinski definition) is 6. The Labute approximate surface area is 123 Å². The average Bonchev–Trinajstić information content (AvgIpc) is 2.97. The third-order valence-corrected chi connectivity index (χ3v) is 4.40. The van der Waals surface area contributed by atoms with Crippen molar-refractivity contribution < 1.29 is 9.53 Å². The van der Waals surface area contributed by atoms with Gasteiger partial charge in [-0.05, 0) is 38.5 Å². The SMILES string of the molecule is O=C(Oc1nsnc1N1CCCCC1)N1CCCCC1. The highest BCUT2D eigenvalue weighted by Crippen LogP contribution is 2.28. The normalized spacial score (nSPS) is 20.0. The summed E-state index contributed by atoms with van der Waals surface area (Å²) in [6.07, 6.45) is 6.62. The van der Waals surface area contributed by atoms with Gasteiger partial charge in [0.15, 0.2) is 0 Å². The number of aromatic nitrogens is 2. The highest BCUT2D eigenvalue weighted by atomic mass is 32.1. The Hall–Kier alpha value is -1.37. The van der Waals surface area contributed by atoms with E-state index in [1.54, 1.807) is 4.90 Å². The summed E-state index contributed by atoms with van der Waals surface area (Å²) in [7, 11) is 0. The predicted molar refractivity (Wildman–Crippen MR) is 77.4 cm³/mol. The van der Waals surface area contributed by atoms with Gasteiger partial charge in [0, 0.05) is 26.2 Å². The van der Waals surface area contributed by atoms with Crippen molar-refractivity contribution in [1.29, 1.82) is 0 Å². The summed E-state index contributed by atoms with van der Waals surface area (Å²) in [6, 6.07) is 0. The first-order chi connectivity index (χ1) is 9.84. The van der Waals surface area contributed by atoms with Crippen molar-refractivity contribution >= 4 is 23.6 Å². The Morgan fingerprint density at radius 1 is 0.950 bits per heavy atom. The van der Waals surface area contributed by atoms with Crippen LogP contribution in [0.15, 0.2) is 0 Å². The van der Waals surface area contributed by atoms with E-state index < -0.39 is 0 Å². The van der Waals surface area contributed by atoms with Crippen molar-refractivity contribution in [2.75, 3.05) is 31.1 Å². The molecule has 20 heavy (non-hydrogen) atoms. The largest absolute Gasteiger partial charge is 0.416 e. The van der Waals surface area contributed by atoms with Crippen LogP contribution in [0.4, 0.5) is 10.6 Å². The summed E-state index contributed by atoms with van der Waals surface area (Å²) < 4.78 is 13.9. The highest BCUT2D eigenvalue weighted by molar-refractivity contribution is 6.99. The first-order valence-electron chi connectivity index (χ1n) is 7.39. The number of amides is 1. The zero-order chi connectivity index (χ0) is 13.8. The lowest BCUT2D eigenvalue weighted by atomic mass is 10.1. The van der Waals surface area contributed by atoms with Crippen molar-refractivity contribution in [2.45, 2.75) is 38.5 Å². The molecule has 2 aliphatic heterocycles. The fraction of sp³-hybridized carbons (Fsp3) is 0.769. The summed E-state index contributed by atoms with van der Waals surface area (Å²) in [6.45, 7) is 3.52. The van der Waals surface area contributed by atoms with E-state index in [2.05, 4.69) is 13.6 Å². The van der Waals surface area contributed by atoms with E-state index in [1.807, 2.05) is 0 Å². The molecule has 0 saturated carbocycles. The van der Waals surface area contributed by atoms with Gasteiger partial charge in [0.2, 0.25) is 5.82 Å². The van der Waals surface area contributed by atoms with Gasteiger partial charge >= 0.3 is 6.09 Å². The topological polar surface area (TPSA) is 58.6 Å². The van der Waals surface area contributed by atoms with Crippen molar-refractivity contribution in [3.63, 3.8) is 0 Å². The second kappa shape index (κ2) is 6.39. The van der Waals surface area contributed by atoms with E-state index >= 15 is 0 Å². The quantitative estimate of drug-likeness (QED) is 0.839. The lowest BCUT2D eigenvalue weighted by Gasteiger charge is -2.28. The van der Waals surface area contributed by atoms with E-state index in [0.717, 1.165) is 69.4 Å². The Kier molecular flexibility index (Phi) is 4.34. The van der Waals surface area contributed by atoms with Crippen LogP contribution in [0.1, 0.15) is 38.5 Å². The van der Waals surface area contributed by atoms with Crippen LogP contribution in [0.2, 0.25) is 0 Å². The monoisotopic (exact) mass is 296 g/mol. The summed E-state index contributed by atoms with van der Waals surface area (Å²) in [5, 5.41) is 0. The van der Waals surface area contributed by atoms with Crippen molar-refractivity contribution in [2.24, 2.45) is 0 Å². The van der Waals surface area contributed by atoms with Gasteiger partial charge in [-0.15, -0.1) is 4.37 Å². The zero-order valence-electron chi connectivity index (χ0n) is 11.6. The zero-order valence-corrected chi connectivity index (χ0v) is 12.4. The molecule has 2 aliphatic rings. The standard InChI is InChI=1S/C13H20N4O2S/c18-13(17-9-5-2-6-10-17)19-12-11(14-20-15-12)16-7-3-1-4-8-16/h1-10H2. The second-order valence-corrected chi connectivity index (χ2v) is 5.88. The van der Waals surface area contributed by atoms with Gasteiger partial charge < -0.3 is 14.5 Å². The van der Waals surface area contributed by atoms with Gasteiger partial charge in [0.1, 0.15) is 0 Å². The molecule has 2 fully saturated rings. The van der Waals surface area contributed by atoms with Gasteiger partial charge in [0.25, 0.3) is 5.88 Å². The molecule has 0 unspecified atom stereocenters. The Morgan fingerprint density at radius 3 is 2.30 bits per heavy atom. The molecule has 1 aromatic rings. The van der Waals surface area contributed by atoms with Crippen LogP contribution in [0.25, 0.3) is 0 Å². The van der Waals surface area contributed by atoms with Crippen LogP contribution >= 0.6 is 11.7 Å². The fourth-order valence-corrected chi connectivity index (χ4v) is 3.27. The second-order valence-electron chi connectivity index (χ2n) is 5.36. The van der Waals surface area contributed by atoms with E-state index in [4.69, 9.17) is 4.74 Å². The molecule has 0 radical (unpaired) electrons. The minimum atomic E-state index is -0.282. The number of ether oxygens (including phenoxy) is 1. The summed E-state index contributed by atoms with van der Waals surface area (Å²) >= 11 is 1.11. The molecule has 3 heterocycles. The third kappa shape index (κ3) is 3.03. The smallest absolute Gasteiger partial charge is 0.386 e. The summed E-state index contributed by atoms with van der Waals surface area (Å²) in [4.78, 5) is 16.1. The van der Waals surface area contributed by atoms with Crippen molar-refractivity contribution in [3.05, 3.63) is 0 Å². The molecule has 6 nitrogen and oxygen atoms in total. The van der Waals surface area contributed by atoms with E-state index in [0.29, 0.717) is 5.88 Å². The minimum Gasteiger partial charge on any atom is -0.386 e. The van der Waals surface area contributed by atoms with Crippen LogP contribution in [0.5, 0.6) is 5.88 Å². The molecule has 0 spiro atoms. The van der Waals surface area contributed by atoms with Crippen LogP contribution in [-0.2, 0) is 0 Å². The molecule has 7 heteroatoms. The number of nitrogens with zero attached hydrogens (tertiary/aromatic N) is 4. The molecular formula is C13H20N4O2S. The number of rotatable bonds is 2. The van der Waals surface area contributed by atoms with Gasteiger partial charge in [0.05, 0.1) is 11.7 Å². The molecule has 0 aliphatic carbocycles. The average molecular weight is 296 g/mol. The Bertz CT molecular complexity index is 453. The molecule has 0 aromatic carbocycles. The van der Waals surface area contributed by atoms with Gasteiger partial charge in [-0.2, -0.15) is 4.37 Å². The molecule has 3 rings (SSSR count). The van der Waals surface area contributed by atoms with Crippen LogP contribution in [0.3, 0.4) is 0 Å². The van der Waals surface area contributed by atoms with Gasteiger partial charge in [-0.1, -0.05) is 0 Å². The van der Waals surface area contributed by atoms with Crippen molar-refractivity contribution in [1.82, 2.24) is 13.6 Å². The lowest BCUT2D eigenvalue weighted by Crippen LogP contribution is -2.38. The molecule has 1 amide bonds. The first-order valence-corrected chi connectivity index (χ1v) is 8.12. The summed E-state index contributed by atoms with van der Waals surface area (Å²) in [5.74, 6) is 1.12. The van der Waals surface area contributed by atoms with Crippen LogP contribution < -0.4 is 9.64 Å². The maximum absolute atomic E-state index is 12.1. The van der Waals surface area contributed by atoms with Gasteiger partial charge in [-0.25, -0.2) is 4.79 Å². The Morgan fingerprint density at radius 2 is 1.60 bits per heavy atom. The van der Waals surface area contributed by atoms with Gasteiger partial charge in [-0.3, -0.25) is 0 Å². The number of hydrogen-bond donors (Lipinski definition) is 0. The molecule has 0 atom stereocenters. The minimum absolute atomic E-state index is 0.282. The number of carbonyl (C=O) groups excluding carboxylic acids is 1. The predicted octanol–water partition coefficient (Wildman–Crippen LogP) is 2.51. The third-order valence-electron chi connectivity index (χ3n) is 3.90. The lowest BCUT2D eigenvalue weighted by molar-refractivity contribution is 0.141. The summed E-state index contributed by atoms with van der Waals surface area (Å²) in [5.41, 5.74) is 0. The van der Waals surface area contributed by atoms with E-state index in [-0.39, 0.29) is 6.09 Å². The first kappa shape index (κ1) is 13.6. The van der Waals surface area contributed by atoms with Crippen LogP contribution in [0, 0.1) is 0 Å². The fourth-order valence-electron chi connectivity index (χ4n) is 2.76. The highest BCUT2D eigenvalue weighted by Gasteiger charge is 2.24. The van der Waals surface area contributed by atoms with Crippen LogP contribution in [-0.4, -0.2) is 45.9 Å². The molecule has 0 bridgehead atoms. The molecule has 2 saturated heterocycles. The number of likely N-dealkylation sites (tertiary alicyclic amines) is 1.